The summed E-state index contributed by atoms with van der Waals surface area (Å²) in [6.45, 7) is 1.06. The lowest BCUT2D eigenvalue weighted by molar-refractivity contribution is -0.384. The first-order chi connectivity index (χ1) is 9.20. The summed E-state index contributed by atoms with van der Waals surface area (Å²) in [5.41, 5.74) is -0.0822. The van der Waals surface area contributed by atoms with E-state index in [1.807, 2.05) is 12.3 Å². The van der Waals surface area contributed by atoms with Crippen LogP contribution in [0.1, 0.15) is 0 Å². The highest BCUT2D eigenvalue weighted by molar-refractivity contribution is 5.56. The van der Waals surface area contributed by atoms with E-state index in [1.54, 1.807) is 10.9 Å². The van der Waals surface area contributed by atoms with Gasteiger partial charge in [-0.15, -0.1) is 0 Å². The Hall–Kier alpha value is -2.64. The molecule has 0 spiro atoms. The minimum absolute atomic E-state index is 0.0822. The van der Waals surface area contributed by atoms with Gasteiger partial charge in [-0.3, -0.25) is 14.8 Å². The molecule has 2 aromatic heterocycles. The molecule has 0 aliphatic heterocycles. The number of pyridine rings is 1. The summed E-state index contributed by atoms with van der Waals surface area (Å²) >= 11 is 0. The SMILES string of the molecule is COc1ccc([N+](=O)[O-])c(NCCn2cccn2)n1. The first-order valence-electron chi connectivity index (χ1n) is 5.61. The minimum atomic E-state index is -0.483. The van der Waals surface area contributed by atoms with Gasteiger partial charge in [0.2, 0.25) is 11.7 Å². The molecule has 0 aromatic carbocycles. The van der Waals surface area contributed by atoms with Gasteiger partial charge in [-0.25, -0.2) is 0 Å². The van der Waals surface area contributed by atoms with Gasteiger partial charge in [0.15, 0.2) is 0 Å². The van der Waals surface area contributed by atoms with Crippen LogP contribution in [0.3, 0.4) is 0 Å². The standard InChI is InChI=1S/C11H13N5O3/c1-19-10-4-3-9(16(17)18)11(14-10)12-6-8-15-7-2-5-13-15/h2-5,7H,6,8H2,1H3,(H,12,14). The molecule has 0 saturated heterocycles. The molecule has 0 bridgehead atoms. The third-order valence-electron chi connectivity index (χ3n) is 2.45. The summed E-state index contributed by atoms with van der Waals surface area (Å²) in [6.07, 6.45) is 3.49. The highest BCUT2D eigenvalue weighted by Crippen LogP contribution is 2.24. The van der Waals surface area contributed by atoms with E-state index in [2.05, 4.69) is 15.4 Å². The van der Waals surface area contributed by atoms with Gasteiger partial charge in [-0.05, 0) is 6.07 Å². The maximum Gasteiger partial charge on any atom is 0.311 e. The Balaban J connectivity index is 2.06. The van der Waals surface area contributed by atoms with Crippen molar-refractivity contribution in [2.24, 2.45) is 0 Å². The lowest BCUT2D eigenvalue weighted by atomic mass is 10.4. The normalized spacial score (nSPS) is 10.2. The third kappa shape index (κ3) is 3.18. The van der Waals surface area contributed by atoms with E-state index in [0.717, 1.165) is 0 Å². The zero-order chi connectivity index (χ0) is 13.7. The number of nitrogens with one attached hydrogen (secondary N) is 1. The number of ether oxygens (including phenoxy) is 1. The molecule has 8 nitrogen and oxygen atoms in total. The number of methoxy groups -OCH3 is 1. The van der Waals surface area contributed by atoms with Gasteiger partial charge in [-0.1, -0.05) is 0 Å². The van der Waals surface area contributed by atoms with Crippen molar-refractivity contribution in [3.63, 3.8) is 0 Å². The number of nitrogens with zero attached hydrogens (tertiary/aromatic N) is 4. The van der Waals surface area contributed by atoms with Gasteiger partial charge in [-0.2, -0.15) is 10.1 Å². The molecule has 0 aliphatic rings. The van der Waals surface area contributed by atoms with E-state index in [4.69, 9.17) is 4.74 Å². The van der Waals surface area contributed by atoms with Crippen molar-refractivity contribution in [2.45, 2.75) is 6.54 Å². The second-order valence-electron chi connectivity index (χ2n) is 3.67. The zero-order valence-corrected chi connectivity index (χ0v) is 10.3. The third-order valence-corrected chi connectivity index (χ3v) is 2.45. The fraction of sp³-hybridized carbons (Fsp3) is 0.273. The van der Waals surface area contributed by atoms with Crippen molar-refractivity contribution in [3.8, 4) is 5.88 Å². The molecule has 0 aliphatic carbocycles. The highest BCUT2D eigenvalue weighted by Gasteiger charge is 2.15. The molecular formula is C11H13N5O3. The van der Waals surface area contributed by atoms with Gasteiger partial charge in [0.1, 0.15) is 0 Å². The van der Waals surface area contributed by atoms with Crippen LogP contribution in [0.15, 0.2) is 30.6 Å². The molecule has 100 valence electrons. The second kappa shape index (κ2) is 5.80. The number of aromatic nitrogens is 3. The van der Waals surface area contributed by atoms with Crippen LogP contribution in [-0.4, -0.2) is 33.3 Å². The topological polar surface area (TPSA) is 95.1 Å². The van der Waals surface area contributed by atoms with Gasteiger partial charge in [0.25, 0.3) is 0 Å². The summed E-state index contributed by atoms with van der Waals surface area (Å²) < 4.78 is 6.67. The maximum atomic E-state index is 10.9. The summed E-state index contributed by atoms with van der Waals surface area (Å²) in [5, 5.41) is 17.8. The van der Waals surface area contributed by atoms with E-state index in [-0.39, 0.29) is 11.5 Å². The van der Waals surface area contributed by atoms with Crippen molar-refractivity contribution in [2.75, 3.05) is 19.0 Å². The summed E-state index contributed by atoms with van der Waals surface area (Å²) in [4.78, 5) is 14.4. The van der Waals surface area contributed by atoms with Crippen LogP contribution < -0.4 is 10.1 Å². The fourth-order valence-corrected chi connectivity index (χ4v) is 1.55. The van der Waals surface area contributed by atoms with Crippen molar-refractivity contribution < 1.29 is 9.66 Å². The Morgan fingerprint density at radius 2 is 2.37 bits per heavy atom. The van der Waals surface area contributed by atoms with E-state index in [9.17, 15) is 10.1 Å². The molecule has 0 atom stereocenters. The molecule has 0 fully saturated rings. The molecule has 19 heavy (non-hydrogen) atoms. The fourth-order valence-electron chi connectivity index (χ4n) is 1.55. The Morgan fingerprint density at radius 1 is 1.53 bits per heavy atom. The van der Waals surface area contributed by atoms with Gasteiger partial charge in [0.05, 0.1) is 18.6 Å². The predicted octanol–water partition coefficient (Wildman–Crippen LogP) is 1.31. The average Bonchev–Trinajstić information content (AvgIpc) is 2.91. The molecule has 1 N–H and O–H groups in total. The first kappa shape index (κ1) is 12.8. The van der Waals surface area contributed by atoms with Gasteiger partial charge in [0, 0.05) is 31.1 Å². The van der Waals surface area contributed by atoms with Crippen LogP contribution in [0.2, 0.25) is 0 Å². The molecule has 0 saturated carbocycles. The van der Waals surface area contributed by atoms with Crippen molar-refractivity contribution in [1.82, 2.24) is 14.8 Å². The van der Waals surface area contributed by atoms with Crippen LogP contribution in [0.4, 0.5) is 11.5 Å². The monoisotopic (exact) mass is 263 g/mol. The molecule has 2 rings (SSSR count). The Bertz CT molecular complexity index is 555. The van der Waals surface area contributed by atoms with Crippen LogP contribution in [0.5, 0.6) is 5.88 Å². The molecule has 0 unspecified atom stereocenters. The molecule has 0 radical (unpaired) electrons. The van der Waals surface area contributed by atoms with Crippen molar-refractivity contribution in [1.29, 1.82) is 0 Å². The number of rotatable bonds is 6. The predicted molar refractivity (Wildman–Crippen MR) is 68.2 cm³/mol. The van der Waals surface area contributed by atoms with E-state index < -0.39 is 4.92 Å². The van der Waals surface area contributed by atoms with E-state index >= 15 is 0 Å². The molecule has 2 heterocycles. The van der Waals surface area contributed by atoms with E-state index in [1.165, 1.54) is 19.2 Å². The molecule has 2 aromatic rings. The zero-order valence-electron chi connectivity index (χ0n) is 10.3. The lowest BCUT2D eigenvalue weighted by Gasteiger charge is -2.07. The van der Waals surface area contributed by atoms with Gasteiger partial charge < -0.3 is 10.1 Å². The van der Waals surface area contributed by atoms with E-state index in [0.29, 0.717) is 19.0 Å². The number of hydrogen-bond donors (Lipinski definition) is 1. The van der Waals surface area contributed by atoms with Gasteiger partial charge >= 0.3 is 5.69 Å². The number of nitro groups is 1. The molecule has 0 amide bonds. The van der Waals surface area contributed by atoms with Crippen LogP contribution >= 0.6 is 0 Å². The summed E-state index contributed by atoms with van der Waals surface area (Å²) in [5.74, 6) is 0.517. The van der Waals surface area contributed by atoms with Crippen molar-refractivity contribution >= 4 is 11.5 Å². The average molecular weight is 263 g/mol. The summed E-state index contributed by atoms with van der Waals surface area (Å²) in [7, 11) is 1.46. The summed E-state index contributed by atoms with van der Waals surface area (Å²) in [6, 6.07) is 4.63. The minimum Gasteiger partial charge on any atom is -0.481 e. The Labute approximate surface area is 109 Å². The Kier molecular flexibility index (Phi) is 3.91. The quantitative estimate of drug-likeness (QED) is 0.623. The largest absolute Gasteiger partial charge is 0.481 e. The number of anilines is 1. The lowest BCUT2D eigenvalue weighted by Crippen LogP contribution is -2.13. The Morgan fingerprint density at radius 3 is 3.00 bits per heavy atom. The molecular weight excluding hydrogens is 250 g/mol. The number of hydrogen-bond acceptors (Lipinski definition) is 6. The molecule has 8 heteroatoms. The first-order valence-corrected chi connectivity index (χ1v) is 5.61. The van der Waals surface area contributed by atoms with Crippen LogP contribution in [0, 0.1) is 10.1 Å². The van der Waals surface area contributed by atoms with Crippen molar-refractivity contribution in [3.05, 3.63) is 40.7 Å². The van der Waals surface area contributed by atoms with Crippen LogP contribution in [0.25, 0.3) is 0 Å². The second-order valence-corrected chi connectivity index (χ2v) is 3.67. The highest BCUT2D eigenvalue weighted by atomic mass is 16.6. The smallest absolute Gasteiger partial charge is 0.311 e. The van der Waals surface area contributed by atoms with Crippen LogP contribution in [-0.2, 0) is 6.54 Å². The maximum absolute atomic E-state index is 10.9.